The largest absolute Gasteiger partial charge is 0.354 e. The highest BCUT2D eigenvalue weighted by atomic mass is 16.1. The number of amides is 1. The van der Waals surface area contributed by atoms with Crippen LogP contribution in [0.1, 0.15) is 42.5 Å². The predicted molar refractivity (Wildman–Crippen MR) is 101 cm³/mol. The van der Waals surface area contributed by atoms with Gasteiger partial charge in [0.05, 0.1) is 0 Å². The van der Waals surface area contributed by atoms with Crippen molar-refractivity contribution in [2.45, 2.75) is 38.1 Å². The van der Waals surface area contributed by atoms with Crippen molar-refractivity contribution in [2.75, 3.05) is 44.7 Å². The Labute approximate surface area is 150 Å². The standard InChI is InChI=1S/C19H31N5O/c1-23-9-11-24(12-10-23)18-13-16(7-8-21-18)19(25)22-17(14-20)15-5-3-2-4-6-15/h7-8,13,15,17H,2-6,9-12,14,20H2,1H3,(H,22,25). The van der Waals surface area contributed by atoms with Crippen LogP contribution >= 0.6 is 0 Å². The molecular formula is C19H31N5O. The molecule has 3 rings (SSSR count). The molecule has 138 valence electrons. The van der Waals surface area contributed by atoms with Gasteiger partial charge in [0.1, 0.15) is 5.82 Å². The molecule has 1 saturated heterocycles. The number of carbonyl (C=O) groups is 1. The van der Waals surface area contributed by atoms with Crippen LogP contribution in [0.2, 0.25) is 0 Å². The average molecular weight is 345 g/mol. The zero-order valence-corrected chi connectivity index (χ0v) is 15.3. The van der Waals surface area contributed by atoms with Crippen LogP contribution < -0.4 is 16.0 Å². The van der Waals surface area contributed by atoms with Gasteiger partial charge in [-0.3, -0.25) is 4.79 Å². The fourth-order valence-corrected chi connectivity index (χ4v) is 3.93. The van der Waals surface area contributed by atoms with E-state index in [-0.39, 0.29) is 11.9 Å². The highest BCUT2D eigenvalue weighted by Gasteiger charge is 2.25. The van der Waals surface area contributed by atoms with Gasteiger partial charge in [-0.05, 0) is 37.9 Å². The van der Waals surface area contributed by atoms with E-state index in [2.05, 4.69) is 27.1 Å². The van der Waals surface area contributed by atoms with Crippen molar-refractivity contribution in [1.82, 2.24) is 15.2 Å². The molecule has 1 aliphatic heterocycles. The molecule has 1 atom stereocenters. The number of aromatic nitrogens is 1. The molecule has 2 heterocycles. The lowest BCUT2D eigenvalue weighted by Crippen LogP contribution is -2.46. The quantitative estimate of drug-likeness (QED) is 0.845. The zero-order valence-electron chi connectivity index (χ0n) is 15.3. The lowest BCUT2D eigenvalue weighted by atomic mass is 9.84. The van der Waals surface area contributed by atoms with Crippen molar-refractivity contribution < 1.29 is 4.79 Å². The van der Waals surface area contributed by atoms with Crippen molar-refractivity contribution >= 4 is 11.7 Å². The molecular weight excluding hydrogens is 314 g/mol. The number of likely N-dealkylation sites (N-methyl/N-ethyl adjacent to an activating group) is 1. The first-order valence-electron chi connectivity index (χ1n) is 9.58. The third-order valence-electron chi connectivity index (χ3n) is 5.62. The van der Waals surface area contributed by atoms with Crippen LogP contribution in [0.3, 0.4) is 0 Å². The van der Waals surface area contributed by atoms with Crippen molar-refractivity contribution in [3.63, 3.8) is 0 Å². The Morgan fingerprint density at radius 1 is 1.28 bits per heavy atom. The van der Waals surface area contributed by atoms with Crippen molar-refractivity contribution in [1.29, 1.82) is 0 Å². The first kappa shape index (κ1) is 18.1. The van der Waals surface area contributed by atoms with Gasteiger partial charge in [-0.1, -0.05) is 19.3 Å². The Morgan fingerprint density at radius 2 is 2.00 bits per heavy atom. The van der Waals surface area contributed by atoms with Gasteiger partial charge < -0.3 is 20.9 Å². The van der Waals surface area contributed by atoms with Crippen LogP contribution in [0.5, 0.6) is 0 Å². The molecule has 2 aliphatic rings. The molecule has 1 saturated carbocycles. The lowest BCUT2D eigenvalue weighted by Gasteiger charge is -2.33. The van der Waals surface area contributed by atoms with E-state index in [1.54, 1.807) is 12.3 Å². The van der Waals surface area contributed by atoms with E-state index < -0.39 is 0 Å². The predicted octanol–water partition coefficient (Wildman–Crippen LogP) is 1.47. The molecule has 3 N–H and O–H groups in total. The van der Waals surface area contributed by atoms with E-state index in [1.807, 2.05) is 6.07 Å². The molecule has 2 fully saturated rings. The van der Waals surface area contributed by atoms with Crippen LogP contribution in [0.4, 0.5) is 5.82 Å². The van der Waals surface area contributed by atoms with E-state index in [0.717, 1.165) is 32.0 Å². The smallest absolute Gasteiger partial charge is 0.251 e. The molecule has 0 spiro atoms. The number of piperazine rings is 1. The summed E-state index contributed by atoms with van der Waals surface area (Å²) in [5, 5.41) is 3.17. The number of anilines is 1. The van der Waals surface area contributed by atoms with E-state index in [1.165, 1.54) is 32.1 Å². The summed E-state index contributed by atoms with van der Waals surface area (Å²) in [5.74, 6) is 1.38. The maximum absolute atomic E-state index is 12.7. The highest BCUT2D eigenvalue weighted by Crippen LogP contribution is 2.26. The normalized spacial score (nSPS) is 21.1. The molecule has 25 heavy (non-hydrogen) atoms. The number of nitrogens with two attached hydrogens (primary N) is 1. The van der Waals surface area contributed by atoms with Gasteiger partial charge in [0.25, 0.3) is 5.91 Å². The first-order valence-corrected chi connectivity index (χ1v) is 9.58. The molecule has 0 bridgehead atoms. The van der Waals surface area contributed by atoms with Gasteiger partial charge in [-0.25, -0.2) is 4.98 Å². The third kappa shape index (κ3) is 4.70. The summed E-state index contributed by atoms with van der Waals surface area (Å²) in [6.07, 6.45) is 7.89. The number of pyridine rings is 1. The molecule has 1 aromatic rings. The number of carbonyl (C=O) groups excluding carboxylic acids is 1. The number of nitrogens with one attached hydrogen (secondary N) is 1. The van der Waals surface area contributed by atoms with Crippen molar-refractivity contribution in [2.24, 2.45) is 11.7 Å². The van der Waals surface area contributed by atoms with Crippen LogP contribution in [-0.2, 0) is 0 Å². The van der Waals surface area contributed by atoms with Gasteiger partial charge in [-0.15, -0.1) is 0 Å². The minimum absolute atomic E-state index is 0.0289. The SMILES string of the molecule is CN1CCN(c2cc(C(=O)NC(CN)C3CCCCC3)ccn2)CC1. The summed E-state index contributed by atoms with van der Waals surface area (Å²) >= 11 is 0. The average Bonchev–Trinajstić information content (AvgIpc) is 2.67. The molecule has 1 unspecified atom stereocenters. The molecule has 1 aromatic heterocycles. The summed E-state index contributed by atoms with van der Waals surface area (Å²) in [5.41, 5.74) is 6.63. The summed E-state index contributed by atoms with van der Waals surface area (Å²) in [7, 11) is 2.13. The lowest BCUT2D eigenvalue weighted by molar-refractivity contribution is 0.0915. The highest BCUT2D eigenvalue weighted by molar-refractivity contribution is 5.95. The van der Waals surface area contributed by atoms with E-state index in [0.29, 0.717) is 18.0 Å². The summed E-state index contributed by atoms with van der Waals surface area (Å²) < 4.78 is 0. The van der Waals surface area contributed by atoms with Gasteiger partial charge in [0, 0.05) is 50.5 Å². The summed E-state index contributed by atoms with van der Waals surface area (Å²) in [6.45, 7) is 4.45. The second-order valence-electron chi connectivity index (χ2n) is 7.41. The molecule has 6 heteroatoms. The van der Waals surface area contributed by atoms with Crippen LogP contribution in [-0.4, -0.2) is 61.6 Å². The Bertz CT molecular complexity index is 565. The second kappa shape index (κ2) is 8.63. The minimum atomic E-state index is -0.0289. The number of nitrogens with zero attached hydrogens (tertiary/aromatic N) is 3. The van der Waals surface area contributed by atoms with E-state index in [9.17, 15) is 4.79 Å². The van der Waals surface area contributed by atoms with Gasteiger partial charge >= 0.3 is 0 Å². The van der Waals surface area contributed by atoms with E-state index >= 15 is 0 Å². The maximum Gasteiger partial charge on any atom is 0.251 e. The number of hydrogen-bond acceptors (Lipinski definition) is 5. The molecule has 0 aromatic carbocycles. The number of hydrogen-bond donors (Lipinski definition) is 2. The topological polar surface area (TPSA) is 74.5 Å². The van der Waals surface area contributed by atoms with Crippen LogP contribution in [0.15, 0.2) is 18.3 Å². The molecule has 1 amide bonds. The Morgan fingerprint density at radius 3 is 2.68 bits per heavy atom. The van der Waals surface area contributed by atoms with Crippen molar-refractivity contribution in [3.05, 3.63) is 23.9 Å². The summed E-state index contributed by atoms with van der Waals surface area (Å²) in [6, 6.07) is 3.78. The third-order valence-corrected chi connectivity index (χ3v) is 5.62. The van der Waals surface area contributed by atoms with Gasteiger partial charge in [-0.2, -0.15) is 0 Å². The Hall–Kier alpha value is -1.66. The molecule has 6 nitrogen and oxygen atoms in total. The zero-order chi connectivity index (χ0) is 17.6. The Kier molecular flexibility index (Phi) is 6.26. The summed E-state index contributed by atoms with van der Waals surface area (Å²) in [4.78, 5) is 21.7. The van der Waals surface area contributed by atoms with Gasteiger partial charge in [0.15, 0.2) is 0 Å². The van der Waals surface area contributed by atoms with E-state index in [4.69, 9.17) is 5.73 Å². The second-order valence-corrected chi connectivity index (χ2v) is 7.41. The maximum atomic E-state index is 12.7. The molecule has 0 radical (unpaired) electrons. The Balaban J connectivity index is 1.64. The fourth-order valence-electron chi connectivity index (χ4n) is 3.93. The van der Waals surface area contributed by atoms with Crippen molar-refractivity contribution in [3.8, 4) is 0 Å². The monoisotopic (exact) mass is 345 g/mol. The van der Waals surface area contributed by atoms with Gasteiger partial charge in [0.2, 0.25) is 0 Å². The number of rotatable bonds is 5. The fraction of sp³-hybridized carbons (Fsp3) is 0.684. The van der Waals surface area contributed by atoms with Crippen LogP contribution in [0, 0.1) is 5.92 Å². The first-order chi connectivity index (χ1) is 12.2. The molecule has 1 aliphatic carbocycles. The minimum Gasteiger partial charge on any atom is -0.354 e. The van der Waals surface area contributed by atoms with Crippen LogP contribution in [0.25, 0.3) is 0 Å².